The first-order valence-electron chi connectivity index (χ1n) is 13.7. The molecule has 0 saturated carbocycles. The minimum atomic E-state index is -1.32. The van der Waals surface area contributed by atoms with Crippen molar-refractivity contribution in [2.45, 2.75) is 46.2 Å². The topological polar surface area (TPSA) is 162 Å². The molecule has 15 heteroatoms. The molecule has 2 atom stereocenters. The maximum atomic E-state index is 15.5. The van der Waals surface area contributed by atoms with Crippen LogP contribution in [0.15, 0.2) is 24.3 Å². The molecule has 238 valence electrons. The number of hydrogen-bond acceptors (Lipinski definition) is 11. The second-order valence-electron chi connectivity index (χ2n) is 10.4. The monoisotopic (exact) mass is 676 g/mol. The zero-order valence-corrected chi connectivity index (χ0v) is 31.6. The zero-order valence-electron chi connectivity index (χ0n) is 26.8. The second-order valence-corrected chi connectivity index (χ2v) is 11.5. The Morgan fingerprint density at radius 1 is 0.957 bits per heavy atom. The van der Waals surface area contributed by atoms with Crippen LogP contribution in [0.3, 0.4) is 0 Å². The van der Waals surface area contributed by atoms with Gasteiger partial charge in [-0.2, -0.15) is 0 Å². The number of fused-ring (bicyclic) bond motifs is 2. The molecule has 0 spiro atoms. The number of ketones is 1. The van der Waals surface area contributed by atoms with E-state index in [-0.39, 0.29) is 118 Å². The van der Waals surface area contributed by atoms with E-state index in [9.17, 15) is 24.3 Å². The van der Waals surface area contributed by atoms with Crippen LogP contribution in [0.1, 0.15) is 53.9 Å². The van der Waals surface area contributed by atoms with Crippen LogP contribution in [0.5, 0.6) is 23.0 Å². The molecule has 1 aliphatic heterocycles. The zero-order chi connectivity index (χ0) is 31.3. The normalized spacial score (nSPS) is 12.8. The predicted molar refractivity (Wildman–Crippen MR) is 156 cm³/mol. The third-order valence-corrected chi connectivity index (χ3v) is 8.23. The Kier molecular flexibility index (Phi) is 17.2. The van der Waals surface area contributed by atoms with E-state index < -0.39 is 29.4 Å². The van der Waals surface area contributed by atoms with Crippen LogP contribution in [-0.2, 0) is 27.5 Å². The first-order valence-corrected chi connectivity index (χ1v) is 14.5. The first kappa shape index (κ1) is 41.8. The quantitative estimate of drug-likeness (QED) is 0.0740. The Morgan fingerprint density at radius 2 is 1.57 bits per heavy atom. The average molecular weight is 677 g/mol. The molecule has 0 fully saturated rings. The van der Waals surface area contributed by atoms with Crippen LogP contribution < -0.4 is 83.2 Å². The minimum Gasteiger partial charge on any atom is -0.870 e. The summed E-state index contributed by atoms with van der Waals surface area (Å²) in [5.41, 5.74) is 1.86. The van der Waals surface area contributed by atoms with E-state index in [4.69, 9.17) is 18.9 Å². The van der Waals surface area contributed by atoms with E-state index in [2.05, 4.69) is 0 Å². The fourth-order valence-electron chi connectivity index (χ4n) is 4.69. The van der Waals surface area contributed by atoms with Crippen molar-refractivity contribution in [2.24, 2.45) is 11.8 Å². The maximum Gasteiger partial charge on any atom is 1.00 e. The summed E-state index contributed by atoms with van der Waals surface area (Å²) in [7, 11) is 2.91. The van der Waals surface area contributed by atoms with Gasteiger partial charge in [-0.3, -0.25) is 15.9 Å². The van der Waals surface area contributed by atoms with E-state index in [1.165, 1.54) is 27.2 Å². The Hall–Kier alpha value is -2.23. The molecule has 3 aromatic rings. The number of carboxylic acids is 1. The summed E-state index contributed by atoms with van der Waals surface area (Å²) in [6.07, 6.45) is 2.08. The van der Waals surface area contributed by atoms with Gasteiger partial charge in [-0.15, -0.1) is 17.3 Å². The molecule has 0 unspecified atom stereocenters. The number of methoxy groups -OCH3 is 2. The number of amides is 1. The van der Waals surface area contributed by atoms with Crippen molar-refractivity contribution in [2.75, 3.05) is 27.4 Å². The number of carbonyl (C=O) groups is 3. The fourth-order valence-corrected chi connectivity index (χ4v) is 5.72. The van der Waals surface area contributed by atoms with Gasteiger partial charge in [-0.05, 0) is 29.3 Å². The van der Waals surface area contributed by atoms with Crippen LogP contribution >= 0.6 is 11.3 Å². The maximum absolute atomic E-state index is 15.5. The molecule has 1 amide bonds. The van der Waals surface area contributed by atoms with Gasteiger partial charge in [-0.25, -0.2) is 4.39 Å². The molecular weight excluding hydrogens is 643 g/mol. The van der Waals surface area contributed by atoms with Crippen molar-refractivity contribution in [3.8, 4) is 23.0 Å². The number of benzene rings is 2. The van der Waals surface area contributed by atoms with Crippen LogP contribution in [0.25, 0.3) is 10.1 Å². The van der Waals surface area contributed by atoms with Gasteiger partial charge in [0.15, 0.2) is 34.6 Å². The van der Waals surface area contributed by atoms with Crippen LogP contribution in [0, 0.1) is 17.7 Å². The molecule has 1 N–H and O–H groups in total. The van der Waals surface area contributed by atoms with E-state index in [0.29, 0.717) is 35.7 Å². The Morgan fingerprint density at radius 3 is 2.15 bits per heavy atom. The molecule has 1 aliphatic rings. The van der Waals surface area contributed by atoms with Gasteiger partial charge in [0.1, 0.15) is 0 Å². The SMILES string of the molecule is COc1cc2c(cc1OCCCOc1c(OC)cc3sc(C(=O)C[C@H](C)C(=O)[O-])cc3c1F)CN(C(=O)C[C@H](C)[C-]=O)C2.[Na+].[Na+].[OH-]. The number of nitrogens with zero attached hydrogens (tertiary/aromatic N) is 1. The number of rotatable bonds is 15. The van der Waals surface area contributed by atoms with Crippen molar-refractivity contribution in [3.63, 3.8) is 0 Å². The summed E-state index contributed by atoms with van der Waals surface area (Å²) < 4.78 is 38.4. The van der Waals surface area contributed by atoms with Crippen molar-refractivity contribution in [1.29, 1.82) is 0 Å². The molecule has 0 radical (unpaired) electrons. The van der Waals surface area contributed by atoms with Gasteiger partial charge in [0.05, 0.1) is 32.3 Å². The predicted octanol–water partition coefficient (Wildman–Crippen LogP) is -2.33. The smallest absolute Gasteiger partial charge is 0.870 e. The van der Waals surface area contributed by atoms with Crippen molar-refractivity contribution in [3.05, 3.63) is 46.1 Å². The summed E-state index contributed by atoms with van der Waals surface area (Å²) in [6.45, 7) is 4.18. The van der Waals surface area contributed by atoms with Gasteiger partial charge in [0.25, 0.3) is 0 Å². The number of aliphatic carboxylic acids is 1. The second kappa shape index (κ2) is 18.9. The van der Waals surface area contributed by atoms with Gasteiger partial charge < -0.3 is 44.0 Å². The first-order chi connectivity index (χ1) is 20.6. The Bertz CT molecular complexity index is 1550. The van der Waals surface area contributed by atoms with Crippen LogP contribution in [-0.4, -0.2) is 61.8 Å². The number of halogens is 1. The summed E-state index contributed by atoms with van der Waals surface area (Å²) in [4.78, 5) is 48.8. The molecule has 2 heterocycles. The van der Waals surface area contributed by atoms with E-state index in [1.807, 2.05) is 18.4 Å². The molecule has 4 rings (SSSR count). The molecule has 0 bridgehead atoms. The fraction of sp³-hybridized carbons (Fsp3) is 0.419. The molecule has 2 aromatic carbocycles. The standard InChI is InChI=1S/C31H33FNO9S.2Na.H2O/c1-17(16-34)8-28(36)33-14-19-10-23(39-3)24(11-20(19)15-33)41-6-5-7-42-30-25(40-4)13-26-21(29(30)32)12-27(43-26)22(35)9-18(2)31(37)38;;;/h10-13,17-18H,5-9,14-15H2,1-4H3,(H,37,38);;;1H2/q-1;2*+1;/p-2/t17-,18-;;;/m0.../s1. The van der Waals surface area contributed by atoms with Gasteiger partial charge in [0, 0.05) is 60.4 Å². The molecule has 1 aromatic heterocycles. The van der Waals surface area contributed by atoms with Gasteiger partial charge in [0.2, 0.25) is 5.91 Å². The summed E-state index contributed by atoms with van der Waals surface area (Å²) >= 11 is 1.05. The van der Waals surface area contributed by atoms with Gasteiger partial charge in [-0.1, -0.05) is 13.8 Å². The number of hydrogen-bond donors (Lipinski definition) is 0. The largest absolute Gasteiger partial charge is 1.00 e. The van der Waals surface area contributed by atoms with Crippen molar-refractivity contribution < 1.29 is 112 Å². The van der Waals surface area contributed by atoms with E-state index >= 15 is 4.39 Å². The third kappa shape index (κ3) is 9.89. The van der Waals surface area contributed by atoms with Gasteiger partial charge >= 0.3 is 59.1 Å². The molecule has 46 heavy (non-hydrogen) atoms. The number of ether oxygens (including phenoxy) is 4. The number of carboxylic acid groups (broad SMARTS) is 1. The number of Topliss-reactive ketones (excluding diaryl/α,β-unsaturated/α-hetero) is 1. The number of thiophene rings is 1. The van der Waals surface area contributed by atoms with E-state index in [1.54, 1.807) is 17.9 Å². The van der Waals surface area contributed by atoms with Crippen LogP contribution in [0.4, 0.5) is 4.39 Å². The summed E-state index contributed by atoms with van der Waals surface area (Å²) in [5, 5.41) is 11.2. The van der Waals surface area contributed by atoms with Crippen LogP contribution in [0.2, 0.25) is 0 Å². The third-order valence-electron chi connectivity index (χ3n) is 7.11. The number of carbonyl (C=O) groups excluding carboxylic acids is 4. The average Bonchev–Trinajstić information content (AvgIpc) is 3.61. The molecule has 0 saturated heterocycles. The molecule has 11 nitrogen and oxygen atoms in total. The Balaban J connectivity index is 0.00000353. The molecular formula is C31H33FNNa2O10S-. The summed E-state index contributed by atoms with van der Waals surface area (Å²) in [6, 6.07) is 6.63. The molecule has 0 aliphatic carbocycles. The Labute approximate surface area is 314 Å². The van der Waals surface area contributed by atoms with E-state index in [0.717, 1.165) is 22.5 Å². The summed E-state index contributed by atoms with van der Waals surface area (Å²) in [5.74, 6) is -2.90. The van der Waals surface area contributed by atoms with Crippen molar-refractivity contribution >= 4 is 45.4 Å². The minimum absolute atomic E-state index is 0. The van der Waals surface area contributed by atoms with Crippen molar-refractivity contribution in [1.82, 2.24) is 4.90 Å².